The van der Waals surface area contributed by atoms with Gasteiger partial charge in [0.15, 0.2) is 0 Å². The van der Waals surface area contributed by atoms with Crippen LogP contribution in [0.2, 0.25) is 5.02 Å². The van der Waals surface area contributed by atoms with Gasteiger partial charge in [0.1, 0.15) is 12.6 Å². The van der Waals surface area contributed by atoms with Gasteiger partial charge in [-0.25, -0.2) is 8.42 Å². The number of nitrogens with one attached hydrogen (secondary N) is 1. The molecule has 1 fully saturated rings. The van der Waals surface area contributed by atoms with Crippen LogP contribution in [0.5, 0.6) is 0 Å². The standard InChI is InChI=1S/C36H38ClN3O4S/c37-30-18-13-21-32(25-30)40(45(43,44)33-22-11-4-12-23-33)27-35(41)39(26-29-16-7-2-8-17-29)34(24-28-14-5-1-6-15-28)36(42)38-31-19-9-3-10-20-31/h1-2,4-8,11-18,21-23,25,31,34H,3,9-10,19-20,24,26-27H2,(H,38,42)/t34-/m0/s1. The third kappa shape index (κ3) is 8.53. The van der Waals surface area contributed by atoms with Gasteiger partial charge in [0.2, 0.25) is 11.8 Å². The molecule has 1 aliphatic carbocycles. The largest absolute Gasteiger partial charge is 0.352 e. The van der Waals surface area contributed by atoms with E-state index >= 15 is 0 Å². The minimum absolute atomic E-state index is 0.0413. The highest BCUT2D eigenvalue weighted by molar-refractivity contribution is 7.92. The van der Waals surface area contributed by atoms with Crippen LogP contribution >= 0.6 is 11.6 Å². The number of amides is 2. The number of hydrogen-bond acceptors (Lipinski definition) is 4. The fraction of sp³-hybridized carbons (Fsp3) is 0.278. The topological polar surface area (TPSA) is 86.8 Å². The summed E-state index contributed by atoms with van der Waals surface area (Å²) in [4.78, 5) is 30.2. The molecule has 4 aromatic rings. The fourth-order valence-corrected chi connectivity index (χ4v) is 7.37. The lowest BCUT2D eigenvalue weighted by atomic mass is 9.94. The summed E-state index contributed by atoms with van der Waals surface area (Å²) in [6.07, 6.45) is 5.32. The van der Waals surface area contributed by atoms with Crippen molar-refractivity contribution in [3.05, 3.63) is 131 Å². The highest BCUT2D eigenvalue weighted by atomic mass is 35.5. The average molecular weight is 644 g/mol. The molecule has 0 heterocycles. The number of rotatable bonds is 12. The molecule has 0 aromatic heterocycles. The smallest absolute Gasteiger partial charge is 0.264 e. The highest BCUT2D eigenvalue weighted by Crippen LogP contribution is 2.27. The van der Waals surface area contributed by atoms with E-state index < -0.39 is 28.5 Å². The Morgan fingerprint density at radius 1 is 0.778 bits per heavy atom. The molecule has 0 spiro atoms. The molecule has 2 amide bonds. The fourth-order valence-electron chi connectivity index (χ4n) is 5.76. The molecule has 9 heteroatoms. The van der Waals surface area contributed by atoms with E-state index in [0.717, 1.165) is 47.5 Å². The lowest BCUT2D eigenvalue weighted by Crippen LogP contribution is -2.55. The van der Waals surface area contributed by atoms with Gasteiger partial charge < -0.3 is 10.2 Å². The van der Waals surface area contributed by atoms with Crippen LogP contribution in [0, 0.1) is 0 Å². The van der Waals surface area contributed by atoms with Crippen LogP contribution in [0.4, 0.5) is 5.69 Å². The molecule has 5 rings (SSSR count). The minimum Gasteiger partial charge on any atom is -0.352 e. The van der Waals surface area contributed by atoms with E-state index in [2.05, 4.69) is 5.32 Å². The van der Waals surface area contributed by atoms with E-state index in [-0.39, 0.29) is 35.5 Å². The Kier molecular flexibility index (Phi) is 10.9. The molecule has 1 N–H and O–H groups in total. The number of hydrogen-bond donors (Lipinski definition) is 1. The van der Waals surface area contributed by atoms with Gasteiger partial charge in [-0.3, -0.25) is 13.9 Å². The zero-order valence-corrected chi connectivity index (χ0v) is 26.7. The Balaban J connectivity index is 1.54. The number of nitrogens with zero attached hydrogens (tertiary/aromatic N) is 2. The Bertz CT molecular complexity index is 1660. The third-order valence-electron chi connectivity index (χ3n) is 8.12. The molecule has 1 atom stereocenters. The second-order valence-electron chi connectivity index (χ2n) is 11.4. The lowest BCUT2D eigenvalue weighted by molar-refractivity contribution is -0.140. The van der Waals surface area contributed by atoms with Crippen molar-refractivity contribution in [1.82, 2.24) is 10.2 Å². The zero-order chi connectivity index (χ0) is 31.6. The quantitative estimate of drug-likeness (QED) is 0.188. The highest BCUT2D eigenvalue weighted by Gasteiger charge is 2.35. The van der Waals surface area contributed by atoms with Gasteiger partial charge in [0, 0.05) is 24.0 Å². The average Bonchev–Trinajstić information content (AvgIpc) is 3.07. The predicted octanol–water partition coefficient (Wildman–Crippen LogP) is 6.62. The van der Waals surface area contributed by atoms with Crippen LogP contribution in [-0.2, 0) is 32.6 Å². The summed E-state index contributed by atoms with van der Waals surface area (Å²) in [6, 6.07) is 32.6. The predicted molar refractivity (Wildman–Crippen MR) is 178 cm³/mol. The molecule has 234 valence electrons. The molecule has 1 saturated carbocycles. The van der Waals surface area contributed by atoms with Crippen LogP contribution in [-0.4, -0.2) is 43.8 Å². The number of carbonyl (C=O) groups is 2. The minimum atomic E-state index is -4.17. The number of anilines is 1. The van der Waals surface area contributed by atoms with Gasteiger partial charge in [-0.1, -0.05) is 116 Å². The van der Waals surface area contributed by atoms with Crippen molar-refractivity contribution in [2.75, 3.05) is 10.8 Å². The van der Waals surface area contributed by atoms with E-state index in [9.17, 15) is 18.0 Å². The molecule has 4 aromatic carbocycles. The van der Waals surface area contributed by atoms with Gasteiger partial charge in [0.05, 0.1) is 10.6 Å². The molecule has 0 aliphatic heterocycles. The van der Waals surface area contributed by atoms with Crippen molar-refractivity contribution in [3.8, 4) is 0 Å². The molecule has 0 saturated heterocycles. The molecular formula is C36H38ClN3O4S. The monoisotopic (exact) mass is 643 g/mol. The summed E-state index contributed by atoms with van der Waals surface area (Å²) >= 11 is 6.30. The number of benzene rings is 4. The van der Waals surface area contributed by atoms with Crippen molar-refractivity contribution in [2.45, 2.75) is 62.0 Å². The molecule has 45 heavy (non-hydrogen) atoms. The summed E-state index contributed by atoms with van der Waals surface area (Å²) in [7, 11) is -4.17. The second-order valence-corrected chi connectivity index (χ2v) is 13.7. The van der Waals surface area contributed by atoms with Crippen LogP contribution < -0.4 is 9.62 Å². The zero-order valence-electron chi connectivity index (χ0n) is 25.1. The number of sulfonamides is 1. The van der Waals surface area contributed by atoms with Crippen molar-refractivity contribution >= 4 is 39.1 Å². The maximum absolute atomic E-state index is 14.5. The van der Waals surface area contributed by atoms with E-state index in [1.54, 1.807) is 36.4 Å². The summed E-state index contributed by atoms with van der Waals surface area (Å²) in [5.74, 6) is -0.742. The van der Waals surface area contributed by atoms with Gasteiger partial charge in [0.25, 0.3) is 10.0 Å². The SMILES string of the molecule is O=C(NC1CCCCC1)[C@H](Cc1ccccc1)N(Cc1ccccc1)C(=O)CN(c1cccc(Cl)c1)S(=O)(=O)c1ccccc1. The first kappa shape index (κ1) is 32.3. The van der Waals surface area contributed by atoms with E-state index in [4.69, 9.17) is 11.6 Å². The van der Waals surface area contributed by atoms with Crippen molar-refractivity contribution in [2.24, 2.45) is 0 Å². The Hall–Kier alpha value is -4.14. The van der Waals surface area contributed by atoms with E-state index in [1.807, 2.05) is 60.7 Å². The molecular weight excluding hydrogens is 606 g/mol. The number of carbonyl (C=O) groups excluding carboxylic acids is 2. The second kappa shape index (κ2) is 15.2. The summed E-state index contributed by atoms with van der Waals surface area (Å²) in [5.41, 5.74) is 1.98. The normalized spacial score (nSPS) is 14.3. The van der Waals surface area contributed by atoms with Crippen molar-refractivity contribution in [3.63, 3.8) is 0 Å². The summed E-state index contributed by atoms with van der Waals surface area (Å²) < 4.78 is 29.2. The Morgan fingerprint density at radius 2 is 1.38 bits per heavy atom. The maximum atomic E-state index is 14.5. The molecule has 0 unspecified atom stereocenters. The van der Waals surface area contributed by atoms with Crippen LogP contribution in [0.1, 0.15) is 43.2 Å². The van der Waals surface area contributed by atoms with Gasteiger partial charge in [-0.15, -0.1) is 0 Å². The van der Waals surface area contributed by atoms with Gasteiger partial charge >= 0.3 is 0 Å². The first-order valence-corrected chi connectivity index (χ1v) is 17.1. The Morgan fingerprint density at radius 3 is 2.00 bits per heavy atom. The van der Waals surface area contributed by atoms with Crippen molar-refractivity contribution in [1.29, 1.82) is 0 Å². The summed E-state index contributed by atoms with van der Waals surface area (Å²) in [6.45, 7) is -0.392. The molecule has 0 bridgehead atoms. The molecule has 7 nitrogen and oxygen atoms in total. The maximum Gasteiger partial charge on any atom is 0.264 e. The van der Waals surface area contributed by atoms with Crippen LogP contribution in [0.15, 0.2) is 120 Å². The van der Waals surface area contributed by atoms with Crippen LogP contribution in [0.3, 0.4) is 0 Å². The Labute approximate surface area is 270 Å². The van der Waals surface area contributed by atoms with Crippen molar-refractivity contribution < 1.29 is 18.0 Å². The first-order chi connectivity index (χ1) is 21.8. The van der Waals surface area contributed by atoms with Gasteiger partial charge in [-0.2, -0.15) is 0 Å². The lowest BCUT2D eigenvalue weighted by Gasteiger charge is -2.35. The number of halogens is 1. The molecule has 0 radical (unpaired) electrons. The van der Waals surface area contributed by atoms with Gasteiger partial charge in [-0.05, 0) is 54.3 Å². The van der Waals surface area contributed by atoms with E-state index in [0.29, 0.717) is 5.02 Å². The molecule has 1 aliphatic rings. The third-order valence-corrected chi connectivity index (χ3v) is 10.1. The summed E-state index contributed by atoms with van der Waals surface area (Å²) in [5, 5.41) is 3.56. The van der Waals surface area contributed by atoms with Crippen LogP contribution in [0.25, 0.3) is 0 Å². The first-order valence-electron chi connectivity index (χ1n) is 15.3. The van der Waals surface area contributed by atoms with E-state index in [1.165, 1.54) is 23.1 Å².